The maximum atomic E-state index is 12.9. The average molecular weight is 354 g/mol. The smallest absolute Gasteiger partial charge is 0.234 e. The van der Waals surface area contributed by atoms with Crippen molar-refractivity contribution in [2.45, 2.75) is 51.7 Å². The minimum absolute atomic E-state index is 0.0139. The van der Waals surface area contributed by atoms with Gasteiger partial charge in [-0.1, -0.05) is 50.2 Å². The zero-order chi connectivity index (χ0) is 18.5. The predicted molar refractivity (Wildman–Crippen MR) is 102 cm³/mol. The van der Waals surface area contributed by atoms with Crippen molar-refractivity contribution in [3.05, 3.63) is 71.0 Å². The van der Waals surface area contributed by atoms with Crippen LogP contribution in [0.3, 0.4) is 0 Å². The van der Waals surface area contributed by atoms with Crippen LogP contribution in [0.1, 0.15) is 49.3 Å². The van der Waals surface area contributed by atoms with Crippen molar-refractivity contribution in [2.24, 2.45) is 0 Å². The molecule has 2 aromatic rings. The fraction of sp³-hybridized carbons (Fsp3) is 0.409. The van der Waals surface area contributed by atoms with E-state index < -0.39 is 0 Å². The number of amides is 1. The van der Waals surface area contributed by atoms with Crippen molar-refractivity contribution in [3.63, 3.8) is 0 Å². The fourth-order valence-corrected chi connectivity index (χ4v) is 3.04. The molecule has 0 radical (unpaired) electrons. The third-order valence-corrected chi connectivity index (χ3v) is 4.84. The van der Waals surface area contributed by atoms with Gasteiger partial charge in [-0.25, -0.2) is 4.39 Å². The first-order valence-corrected chi connectivity index (χ1v) is 9.35. The van der Waals surface area contributed by atoms with Crippen molar-refractivity contribution in [1.82, 2.24) is 10.2 Å². The summed E-state index contributed by atoms with van der Waals surface area (Å²) in [7, 11) is 0. The Hall–Kier alpha value is -2.20. The van der Waals surface area contributed by atoms with Crippen LogP contribution >= 0.6 is 0 Å². The molecule has 1 aliphatic carbocycles. The predicted octanol–water partition coefficient (Wildman–Crippen LogP) is 4.23. The molecular weight excluding hydrogens is 327 g/mol. The number of hydrogen-bond acceptors (Lipinski definition) is 2. The first-order valence-electron chi connectivity index (χ1n) is 9.35. The molecule has 138 valence electrons. The first-order chi connectivity index (χ1) is 12.5. The lowest BCUT2D eigenvalue weighted by molar-refractivity contribution is -0.122. The van der Waals surface area contributed by atoms with Crippen molar-refractivity contribution in [3.8, 4) is 0 Å². The van der Waals surface area contributed by atoms with Gasteiger partial charge in [0.25, 0.3) is 0 Å². The molecule has 3 rings (SSSR count). The molecule has 0 saturated heterocycles. The topological polar surface area (TPSA) is 32.3 Å². The van der Waals surface area contributed by atoms with E-state index in [2.05, 4.69) is 48.3 Å². The second-order valence-electron chi connectivity index (χ2n) is 7.44. The molecule has 0 atom stereocenters. The molecule has 0 aromatic heterocycles. The van der Waals surface area contributed by atoms with Crippen LogP contribution in [0, 0.1) is 5.82 Å². The number of carbonyl (C=O) groups excluding carboxylic acids is 1. The van der Waals surface area contributed by atoms with Gasteiger partial charge in [-0.15, -0.1) is 0 Å². The molecule has 0 aliphatic heterocycles. The van der Waals surface area contributed by atoms with E-state index in [1.54, 1.807) is 12.1 Å². The second-order valence-corrected chi connectivity index (χ2v) is 7.44. The first kappa shape index (κ1) is 18.6. The number of benzene rings is 2. The van der Waals surface area contributed by atoms with Gasteiger partial charge in [-0.3, -0.25) is 9.69 Å². The lowest BCUT2D eigenvalue weighted by atomic mass is 10.0. The summed E-state index contributed by atoms with van der Waals surface area (Å²) in [5, 5.41) is 2.94. The molecule has 1 aliphatic rings. The molecule has 2 aromatic carbocycles. The van der Waals surface area contributed by atoms with Crippen molar-refractivity contribution < 1.29 is 9.18 Å². The molecule has 26 heavy (non-hydrogen) atoms. The lowest BCUT2D eigenvalue weighted by Crippen LogP contribution is -2.37. The number of rotatable bonds is 8. The summed E-state index contributed by atoms with van der Waals surface area (Å²) in [6.45, 7) is 6.01. The number of nitrogens with zero attached hydrogens (tertiary/aromatic N) is 1. The van der Waals surface area contributed by atoms with Gasteiger partial charge in [0.2, 0.25) is 5.91 Å². The van der Waals surface area contributed by atoms with Gasteiger partial charge in [-0.2, -0.15) is 0 Å². The number of hydrogen-bond donors (Lipinski definition) is 1. The van der Waals surface area contributed by atoms with E-state index in [1.165, 1.54) is 23.3 Å². The van der Waals surface area contributed by atoms with Crippen LogP contribution in [0.25, 0.3) is 0 Å². The summed E-state index contributed by atoms with van der Waals surface area (Å²) in [6, 6.07) is 15.4. The van der Waals surface area contributed by atoms with Gasteiger partial charge in [0.05, 0.1) is 6.54 Å². The summed E-state index contributed by atoms with van der Waals surface area (Å²) < 4.78 is 12.9. The van der Waals surface area contributed by atoms with Gasteiger partial charge >= 0.3 is 0 Å². The largest absolute Gasteiger partial charge is 0.351 e. The van der Waals surface area contributed by atoms with Crippen molar-refractivity contribution in [2.75, 3.05) is 6.54 Å². The Kier molecular flexibility index (Phi) is 6.04. The molecule has 0 unspecified atom stereocenters. The Morgan fingerprint density at radius 3 is 2.27 bits per heavy atom. The molecule has 0 heterocycles. The summed E-state index contributed by atoms with van der Waals surface area (Å²) in [4.78, 5) is 14.6. The zero-order valence-corrected chi connectivity index (χ0v) is 15.5. The van der Waals surface area contributed by atoms with E-state index in [0.717, 1.165) is 24.9 Å². The van der Waals surface area contributed by atoms with E-state index in [1.807, 2.05) is 0 Å². The Labute approximate surface area is 155 Å². The molecule has 0 bridgehead atoms. The highest BCUT2D eigenvalue weighted by atomic mass is 19.1. The Balaban J connectivity index is 1.53. The number of halogens is 1. The van der Waals surface area contributed by atoms with Crippen molar-refractivity contribution >= 4 is 5.91 Å². The van der Waals surface area contributed by atoms with Gasteiger partial charge < -0.3 is 5.32 Å². The molecule has 1 amide bonds. The van der Waals surface area contributed by atoms with E-state index >= 15 is 0 Å². The lowest BCUT2D eigenvalue weighted by Gasteiger charge is -2.22. The highest BCUT2D eigenvalue weighted by Gasteiger charge is 2.30. The monoisotopic (exact) mass is 354 g/mol. The Bertz CT molecular complexity index is 721. The van der Waals surface area contributed by atoms with Crippen LogP contribution in [-0.2, 0) is 17.9 Å². The maximum absolute atomic E-state index is 12.9. The van der Waals surface area contributed by atoms with Crippen LogP contribution in [-0.4, -0.2) is 23.4 Å². The van der Waals surface area contributed by atoms with Gasteiger partial charge in [0, 0.05) is 19.1 Å². The molecule has 4 heteroatoms. The fourth-order valence-electron chi connectivity index (χ4n) is 3.04. The zero-order valence-electron chi connectivity index (χ0n) is 15.5. The van der Waals surface area contributed by atoms with E-state index in [-0.39, 0.29) is 11.7 Å². The molecule has 3 nitrogen and oxygen atoms in total. The van der Waals surface area contributed by atoms with Crippen LogP contribution in [0.5, 0.6) is 0 Å². The summed E-state index contributed by atoms with van der Waals surface area (Å²) in [5.41, 5.74) is 3.48. The standard InChI is InChI=1S/C22H27FN2O/c1-16(2)19-7-3-18(4-8-19)14-25(21-11-12-21)15-22(26)24-13-17-5-9-20(23)10-6-17/h3-10,16,21H,11-15H2,1-2H3,(H,24,26). The highest BCUT2D eigenvalue weighted by Crippen LogP contribution is 2.28. The minimum atomic E-state index is -0.261. The quantitative estimate of drug-likeness (QED) is 0.769. The van der Waals surface area contributed by atoms with E-state index in [9.17, 15) is 9.18 Å². The third kappa shape index (κ3) is 5.40. The number of nitrogens with one attached hydrogen (secondary N) is 1. The highest BCUT2D eigenvalue weighted by molar-refractivity contribution is 5.78. The van der Waals surface area contributed by atoms with Crippen LogP contribution < -0.4 is 5.32 Å². The Morgan fingerprint density at radius 2 is 1.69 bits per heavy atom. The molecule has 1 saturated carbocycles. The van der Waals surface area contributed by atoms with E-state index in [4.69, 9.17) is 0 Å². The SMILES string of the molecule is CC(C)c1ccc(CN(CC(=O)NCc2ccc(F)cc2)C2CC2)cc1. The molecule has 1 fully saturated rings. The molecule has 0 spiro atoms. The van der Waals surface area contributed by atoms with Crippen LogP contribution in [0.4, 0.5) is 4.39 Å². The van der Waals surface area contributed by atoms with Crippen LogP contribution in [0.15, 0.2) is 48.5 Å². The Morgan fingerprint density at radius 1 is 1.08 bits per heavy atom. The summed E-state index contributed by atoms with van der Waals surface area (Å²) >= 11 is 0. The number of carbonyl (C=O) groups is 1. The van der Waals surface area contributed by atoms with E-state index in [0.29, 0.717) is 25.0 Å². The third-order valence-electron chi connectivity index (χ3n) is 4.84. The summed E-state index contributed by atoms with van der Waals surface area (Å²) in [5.74, 6) is 0.282. The van der Waals surface area contributed by atoms with Gasteiger partial charge in [0.1, 0.15) is 5.82 Å². The van der Waals surface area contributed by atoms with Gasteiger partial charge in [0.15, 0.2) is 0 Å². The second kappa shape index (κ2) is 8.45. The maximum Gasteiger partial charge on any atom is 0.234 e. The molecule has 1 N–H and O–H groups in total. The average Bonchev–Trinajstić information content (AvgIpc) is 3.46. The summed E-state index contributed by atoms with van der Waals surface area (Å²) in [6.07, 6.45) is 2.32. The van der Waals surface area contributed by atoms with Crippen LogP contribution in [0.2, 0.25) is 0 Å². The van der Waals surface area contributed by atoms with Crippen molar-refractivity contribution in [1.29, 1.82) is 0 Å². The molecular formula is C22H27FN2O. The minimum Gasteiger partial charge on any atom is -0.351 e. The van der Waals surface area contributed by atoms with Gasteiger partial charge in [-0.05, 0) is 47.6 Å². The normalized spacial score (nSPS) is 14.0.